The first-order valence-electron chi connectivity index (χ1n) is 8.97. The number of carbonyl (C=O) groups excluding carboxylic acids is 2. The Balaban J connectivity index is 2.48. The molecule has 2 aliphatic rings. The maximum absolute atomic E-state index is 13.2. The summed E-state index contributed by atoms with van der Waals surface area (Å²) in [7, 11) is 1.27. The third-order valence-corrected chi connectivity index (χ3v) is 6.77. The molecule has 0 heterocycles. The number of ether oxygens (including phenoxy) is 1. The van der Waals surface area contributed by atoms with Gasteiger partial charge in [0.1, 0.15) is 6.04 Å². The Morgan fingerprint density at radius 2 is 1.96 bits per heavy atom. The highest BCUT2D eigenvalue weighted by Gasteiger charge is 2.63. The third kappa shape index (κ3) is 3.45. The molecule has 0 spiro atoms. The van der Waals surface area contributed by atoms with Crippen molar-refractivity contribution in [2.24, 2.45) is 22.5 Å². The smallest absolute Gasteiger partial charge is 0.329 e. The van der Waals surface area contributed by atoms with Crippen LogP contribution in [0.5, 0.6) is 0 Å². The molecule has 0 aromatic rings. The molecule has 5 atom stereocenters. The number of carboxylic acid groups (broad SMARTS) is 1. The average molecular weight is 387 g/mol. The van der Waals surface area contributed by atoms with Crippen LogP contribution in [0.3, 0.4) is 0 Å². The Labute approximate surface area is 160 Å². The van der Waals surface area contributed by atoms with Crippen molar-refractivity contribution >= 4 is 30.5 Å². The van der Waals surface area contributed by atoms with E-state index in [9.17, 15) is 14.4 Å². The SMILES string of the molecule is COC(=O)[C@H](CS)N(C(=O)[C@@H](N)CC(=O)O)C1C(C)(C)C2CC[C@@]1(C)C2. The van der Waals surface area contributed by atoms with Gasteiger partial charge in [-0.1, -0.05) is 20.8 Å². The largest absolute Gasteiger partial charge is 0.481 e. The van der Waals surface area contributed by atoms with Gasteiger partial charge in [0.15, 0.2) is 0 Å². The van der Waals surface area contributed by atoms with Crippen LogP contribution in [0.4, 0.5) is 0 Å². The summed E-state index contributed by atoms with van der Waals surface area (Å²) in [4.78, 5) is 38.1. The summed E-state index contributed by atoms with van der Waals surface area (Å²) < 4.78 is 4.90. The minimum atomic E-state index is -1.21. The highest BCUT2D eigenvalue weighted by Crippen LogP contribution is 2.64. The van der Waals surface area contributed by atoms with Crippen molar-refractivity contribution < 1.29 is 24.2 Å². The molecule has 2 aliphatic carbocycles. The number of esters is 1. The molecule has 2 bridgehead atoms. The summed E-state index contributed by atoms with van der Waals surface area (Å²) in [5, 5.41) is 9.03. The molecule has 26 heavy (non-hydrogen) atoms. The quantitative estimate of drug-likeness (QED) is 0.449. The number of carboxylic acids is 1. The zero-order chi connectivity index (χ0) is 19.9. The standard InChI is InChI=1S/C18H30N2O5S/c1-17(2)10-5-6-18(3,8-10)16(17)20(12(9-26)15(24)25-4)14(23)11(19)7-13(21)22/h10-12,16,26H,5-9,19H2,1-4H3,(H,21,22)/t10?,11-,12-,16?,18-/m0/s1. The number of hydrogen-bond acceptors (Lipinski definition) is 6. The van der Waals surface area contributed by atoms with Crippen LogP contribution in [0.25, 0.3) is 0 Å². The van der Waals surface area contributed by atoms with E-state index >= 15 is 0 Å². The molecule has 2 unspecified atom stereocenters. The zero-order valence-electron chi connectivity index (χ0n) is 15.9. The second kappa shape index (κ2) is 7.38. The lowest BCUT2D eigenvalue weighted by Gasteiger charge is -2.51. The number of hydrogen-bond donors (Lipinski definition) is 3. The Hall–Kier alpha value is -1.28. The molecule has 8 heteroatoms. The second-order valence-corrected chi connectivity index (χ2v) is 8.85. The predicted molar refractivity (Wildman–Crippen MR) is 99.7 cm³/mol. The van der Waals surface area contributed by atoms with E-state index in [4.69, 9.17) is 15.6 Å². The van der Waals surface area contributed by atoms with Crippen LogP contribution in [0, 0.1) is 16.7 Å². The number of carbonyl (C=O) groups is 3. The Morgan fingerprint density at radius 3 is 2.38 bits per heavy atom. The molecule has 0 aromatic heterocycles. The van der Waals surface area contributed by atoms with Gasteiger partial charge in [0.25, 0.3) is 0 Å². The fourth-order valence-electron chi connectivity index (χ4n) is 5.31. The van der Waals surface area contributed by atoms with Crippen LogP contribution in [0.1, 0.15) is 46.5 Å². The van der Waals surface area contributed by atoms with Gasteiger partial charge in [-0.05, 0) is 36.0 Å². The van der Waals surface area contributed by atoms with Crippen LogP contribution < -0.4 is 5.73 Å². The van der Waals surface area contributed by atoms with Gasteiger partial charge in [0.2, 0.25) is 5.91 Å². The van der Waals surface area contributed by atoms with E-state index in [1.807, 2.05) is 0 Å². The molecule has 7 nitrogen and oxygen atoms in total. The van der Waals surface area contributed by atoms with Crippen molar-refractivity contribution in [2.45, 2.75) is 64.6 Å². The van der Waals surface area contributed by atoms with E-state index in [2.05, 4.69) is 33.4 Å². The molecular weight excluding hydrogens is 356 g/mol. The normalized spacial score (nSPS) is 31.3. The van der Waals surface area contributed by atoms with Crippen molar-refractivity contribution in [1.82, 2.24) is 4.90 Å². The van der Waals surface area contributed by atoms with Gasteiger partial charge in [-0.25, -0.2) is 4.79 Å². The van der Waals surface area contributed by atoms with Gasteiger partial charge < -0.3 is 20.5 Å². The molecule has 3 N–H and O–H groups in total. The van der Waals surface area contributed by atoms with Crippen LogP contribution in [-0.2, 0) is 19.1 Å². The maximum Gasteiger partial charge on any atom is 0.329 e. The molecule has 0 aliphatic heterocycles. The average Bonchev–Trinajstić information content (AvgIpc) is 3.03. The lowest BCUT2D eigenvalue weighted by molar-refractivity contribution is -0.161. The Morgan fingerprint density at radius 1 is 1.35 bits per heavy atom. The number of fused-ring (bicyclic) bond motifs is 2. The monoisotopic (exact) mass is 386 g/mol. The first-order chi connectivity index (χ1) is 12.0. The number of thiol groups is 1. The van der Waals surface area contributed by atoms with Gasteiger partial charge in [0, 0.05) is 11.8 Å². The number of amides is 1. The van der Waals surface area contributed by atoms with Crippen molar-refractivity contribution in [1.29, 1.82) is 0 Å². The summed E-state index contributed by atoms with van der Waals surface area (Å²) >= 11 is 4.28. The van der Waals surface area contributed by atoms with Gasteiger partial charge in [-0.3, -0.25) is 9.59 Å². The van der Waals surface area contributed by atoms with Gasteiger partial charge in [-0.15, -0.1) is 0 Å². The molecule has 148 valence electrons. The van der Waals surface area contributed by atoms with Crippen molar-refractivity contribution in [3.63, 3.8) is 0 Å². The van der Waals surface area contributed by atoms with E-state index in [1.54, 1.807) is 0 Å². The van der Waals surface area contributed by atoms with E-state index < -0.39 is 36.4 Å². The van der Waals surface area contributed by atoms with Gasteiger partial charge in [-0.2, -0.15) is 12.6 Å². The fraction of sp³-hybridized carbons (Fsp3) is 0.833. The minimum Gasteiger partial charge on any atom is -0.481 e. The molecule has 0 aromatic carbocycles. The van der Waals surface area contributed by atoms with Crippen molar-refractivity contribution in [3.05, 3.63) is 0 Å². The molecule has 1 amide bonds. The summed E-state index contributed by atoms with van der Waals surface area (Å²) in [5.41, 5.74) is 5.56. The molecule has 2 saturated carbocycles. The zero-order valence-corrected chi connectivity index (χ0v) is 16.8. The van der Waals surface area contributed by atoms with E-state index in [1.165, 1.54) is 12.0 Å². The maximum atomic E-state index is 13.2. The fourth-order valence-corrected chi connectivity index (χ4v) is 5.63. The molecule has 0 saturated heterocycles. The van der Waals surface area contributed by atoms with E-state index in [0.717, 1.165) is 19.3 Å². The number of rotatable bonds is 7. The second-order valence-electron chi connectivity index (χ2n) is 8.49. The molecule has 2 rings (SSSR count). The minimum absolute atomic E-state index is 0.0888. The lowest BCUT2D eigenvalue weighted by atomic mass is 9.67. The summed E-state index contributed by atoms with van der Waals surface area (Å²) in [6.07, 6.45) is 2.54. The highest BCUT2D eigenvalue weighted by molar-refractivity contribution is 7.80. The van der Waals surface area contributed by atoms with Crippen LogP contribution in [-0.4, -0.2) is 58.8 Å². The topological polar surface area (TPSA) is 110 Å². The Kier molecular flexibility index (Phi) is 5.97. The number of methoxy groups -OCH3 is 1. The molecule has 2 fully saturated rings. The summed E-state index contributed by atoms with van der Waals surface area (Å²) in [6.45, 7) is 6.37. The van der Waals surface area contributed by atoms with E-state index in [-0.39, 0.29) is 22.6 Å². The Bertz CT molecular complexity index is 591. The number of nitrogens with zero attached hydrogens (tertiary/aromatic N) is 1. The molecular formula is C18H30N2O5S. The molecule has 0 radical (unpaired) electrons. The first-order valence-corrected chi connectivity index (χ1v) is 9.61. The van der Waals surface area contributed by atoms with E-state index in [0.29, 0.717) is 5.92 Å². The van der Waals surface area contributed by atoms with Crippen LogP contribution in [0.2, 0.25) is 0 Å². The lowest BCUT2D eigenvalue weighted by Crippen LogP contribution is -2.63. The number of nitrogens with two attached hydrogens (primary N) is 1. The first kappa shape index (κ1) is 21.0. The predicted octanol–water partition coefficient (Wildman–Crippen LogP) is 1.30. The van der Waals surface area contributed by atoms with Gasteiger partial charge >= 0.3 is 11.9 Å². The van der Waals surface area contributed by atoms with Crippen molar-refractivity contribution in [2.75, 3.05) is 12.9 Å². The summed E-state index contributed by atoms with van der Waals surface area (Å²) in [5.74, 6) is -1.70. The third-order valence-electron chi connectivity index (χ3n) is 6.42. The van der Waals surface area contributed by atoms with Crippen molar-refractivity contribution in [3.8, 4) is 0 Å². The van der Waals surface area contributed by atoms with Crippen LogP contribution in [0.15, 0.2) is 0 Å². The van der Waals surface area contributed by atoms with Gasteiger partial charge in [0.05, 0.1) is 19.6 Å². The summed E-state index contributed by atoms with van der Waals surface area (Å²) in [6, 6.07) is -2.33. The van der Waals surface area contributed by atoms with Crippen LogP contribution >= 0.6 is 12.6 Å². The number of aliphatic carboxylic acids is 1. The highest BCUT2D eigenvalue weighted by atomic mass is 32.1.